The summed E-state index contributed by atoms with van der Waals surface area (Å²) < 4.78 is 2.68. The van der Waals surface area contributed by atoms with Crippen LogP contribution in [0.3, 0.4) is 0 Å². The van der Waals surface area contributed by atoms with Gasteiger partial charge in [-0.25, -0.2) is 0 Å². The van der Waals surface area contributed by atoms with Gasteiger partial charge in [0, 0.05) is 42.5 Å². The second-order valence-electron chi connectivity index (χ2n) is 11.2. The molecular formula is C41H25NS. The summed E-state index contributed by atoms with van der Waals surface area (Å²) in [5, 5.41) is 8.68. The number of hydrogen-bond donors (Lipinski definition) is 0. The van der Waals surface area contributed by atoms with E-state index in [-0.39, 0.29) is 0 Å². The fraction of sp³-hybridized carbons (Fsp3) is 0. The first-order valence-electron chi connectivity index (χ1n) is 14.6. The van der Waals surface area contributed by atoms with Crippen molar-refractivity contribution in [2.45, 2.75) is 0 Å². The Morgan fingerprint density at radius 3 is 1.91 bits per heavy atom. The SMILES string of the molecule is c1cc(-c2cccc(-c3cccc4c3sc3ccccc34)c2)cc(-c2ccc3c(ccc4c5ccccc5cnc34)c2)c1. The average molecular weight is 564 g/mol. The van der Waals surface area contributed by atoms with Crippen molar-refractivity contribution < 1.29 is 0 Å². The third kappa shape index (κ3) is 3.95. The van der Waals surface area contributed by atoms with Crippen LogP contribution in [0.1, 0.15) is 0 Å². The molecule has 2 aromatic heterocycles. The van der Waals surface area contributed by atoms with Gasteiger partial charge in [0.05, 0.1) is 5.52 Å². The number of aromatic nitrogens is 1. The van der Waals surface area contributed by atoms with E-state index in [0.29, 0.717) is 0 Å². The Kier molecular flexibility index (Phi) is 5.44. The molecule has 0 fully saturated rings. The Bertz CT molecular complexity index is 2520. The van der Waals surface area contributed by atoms with Gasteiger partial charge < -0.3 is 0 Å². The number of hydrogen-bond acceptors (Lipinski definition) is 2. The molecule has 0 N–H and O–H groups in total. The summed E-state index contributed by atoms with van der Waals surface area (Å²) in [4.78, 5) is 4.86. The van der Waals surface area contributed by atoms with Crippen molar-refractivity contribution in [2.75, 3.05) is 0 Å². The molecule has 43 heavy (non-hydrogen) atoms. The third-order valence-electron chi connectivity index (χ3n) is 8.68. The Balaban J connectivity index is 1.12. The maximum atomic E-state index is 4.86. The lowest BCUT2D eigenvalue weighted by atomic mass is 9.94. The van der Waals surface area contributed by atoms with Crippen molar-refractivity contribution in [1.29, 1.82) is 0 Å². The van der Waals surface area contributed by atoms with Gasteiger partial charge >= 0.3 is 0 Å². The Morgan fingerprint density at radius 1 is 0.395 bits per heavy atom. The van der Waals surface area contributed by atoms with E-state index < -0.39 is 0 Å². The monoisotopic (exact) mass is 563 g/mol. The zero-order valence-electron chi connectivity index (χ0n) is 23.3. The quantitative estimate of drug-likeness (QED) is 0.195. The second kappa shape index (κ2) is 9.62. The summed E-state index contributed by atoms with van der Waals surface area (Å²) in [7, 11) is 0. The lowest BCUT2D eigenvalue weighted by Gasteiger charge is -2.11. The highest BCUT2D eigenvalue weighted by molar-refractivity contribution is 7.26. The minimum atomic E-state index is 1.06. The predicted octanol–water partition coefficient (Wildman–Crippen LogP) is 11.9. The van der Waals surface area contributed by atoms with Crippen LogP contribution in [0.5, 0.6) is 0 Å². The lowest BCUT2D eigenvalue weighted by molar-refractivity contribution is 1.46. The molecule has 9 aromatic rings. The molecular weight excluding hydrogens is 539 g/mol. The molecule has 0 unspecified atom stereocenters. The summed E-state index contributed by atoms with van der Waals surface area (Å²) in [6.45, 7) is 0. The van der Waals surface area contributed by atoms with E-state index in [2.05, 4.69) is 146 Å². The van der Waals surface area contributed by atoms with Crippen LogP contribution < -0.4 is 0 Å². The largest absolute Gasteiger partial charge is 0.255 e. The van der Waals surface area contributed by atoms with Crippen LogP contribution in [-0.2, 0) is 0 Å². The fourth-order valence-corrected chi connectivity index (χ4v) is 7.80. The Hall–Kier alpha value is -5.31. The molecule has 1 nitrogen and oxygen atoms in total. The van der Waals surface area contributed by atoms with Crippen LogP contribution in [0.2, 0.25) is 0 Å². The highest BCUT2D eigenvalue weighted by Gasteiger charge is 2.12. The van der Waals surface area contributed by atoms with E-state index in [1.54, 1.807) is 0 Å². The number of nitrogens with zero attached hydrogens (tertiary/aromatic N) is 1. The second-order valence-corrected chi connectivity index (χ2v) is 12.2. The molecule has 0 radical (unpaired) electrons. The summed E-state index contributed by atoms with van der Waals surface area (Å²) in [6.07, 6.45) is 1.99. The van der Waals surface area contributed by atoms with Crippen molar-refractivity contribution in [3.63, 3.8) is 0 Å². The van der Waals surface area contributed by atoms with Gasteiger partial charge in [-0.15, -0.1) is 11.3 Å². The van der Waals surface area contributed by atoms with Crippen LogP contribution in [-0.4, -0.2) is 4.98 Å². The molecule has 0 atom stereocenters. The van der Waals surface area contributed by atoms with Gasteiger partial charge in [0.2, 0.25) is 0 Å². The summed E-state index contributed by atoms with van der Waals surface area (Å²) in [5.74, 6) is 0. The normalized spacial score (nSPS) is 11.7. The van der Waals surface area contributed by atoms with Gasteiger partial charge in [-0.2, -0.15) is 0 Å². The van der Waals surface area contributed by atoms with Gasteiger partial charge in [-0.1, -0.05) is 121 Å². The van der Waals surface area contributed by atoms with E-state index in [4.69, 9.17) is 4.98 Å². The van der Waals surface area contributed by atoms with Crippen molar-refractivity contribution in [1.82, 2.24) is 4.98 Å². The van der Waals surface area contributed by atoms with Crippen molar-refractivity contribution >= 4 is 64.0 Å². The molecule has 0 saturated heterocycles. The zero-order chi connectivity index (χ0) is 28.3. The van der Waals surface area contributed by atoms with E-state index in [1.165, 1.54) is 80.5 Å². The molecule has 0 spiro atoms. The smallest absolute Gasteiger partial charge is 0.0786 e. The first-order valence-corrected chi connectivity index (χ1v) is 15.4. The summed E-state index contributed by atoms with van der Waals surface area (Å²) in [5.41, 5.74) is 8.46. The molecule has 0 aliphatic heterocycles. The van der Waals surface area contributed by atoms with Crippen molar-refractivity contribution in [2.24, 2.45) is 0 Å². The summed E-state index contributed by atoms with van der Waals surface area (Å²) in [6, 6.07) is 53.0. The van der Waals surface area contributed by atoms with E-state index in [1.807, 2.05) is 17.5 Å². The predicted molar refractivity (Wildman–Crippen MR) is 186 cm³/mol. The number of benzene rings is 7. The molecule has 0 amide bonds. The molecule has 2 heteroatoms. The number of thiophene rings is 1. The van der Waals surface area contributed by atoms with Gasteiger partial charge in [0.25, 0.3) is 0 Å². The van der Waals surface area contributed by atoms with Gasteiger partial charge in [-0.05, 0) is 68.4 Å². The maximum absolute atomic E-state index is 4.86. The molecule has 0 saturated carbocycles. The Labute approximate surface area is 253 Å². The first kappa shape index (κ1) is 24.3. The van der Waals surface area contributed by atoms with Crippen LogP contribution in [0, 0.1) is 0 Å². The van der Waals surface area contributed by atoms with E-state index >= 15 is 0 Å². The standard InChI is InChI=1S/C41H25NS/c1-2-13-33-32(8-1)25-42-40-34-20-18-29(24-31(34)19-21-37(33)40)27-10-5-9-26(22-27)28-11-6-12-30(23-28)35-15-7-16-38-36-14-3-4-17-39(36)43-41(35)38/h1-25H. The summed E-state index contributed by atoms with van der Waals surface area (Å²) >= 11 is 1.88. The van der Waals surface area contributed by atoms with E-state index in [0.717, 1.165) is 5.52 Å². The van der Waals surface area contributed by atoms with Crippen LogP contribution >= 0.6 is 11.3 Å². The van der Waals surface area contributed by atoms with Crippen LogP contribution in [0.4, 0.5) is 0 Å². The van der Waals surface area contributed by atoms with Gasteiger partial charge in [0.1, 0.15) is 0 Å². The Morgan fingerprint density at radius 2 is 1.05 bits per heavy atom. The molecule has 9 rings (SSSR count). The molecule has 7 aromatic carbocycles. The molecule has 0 aliphatic rings. The number of pyridine rings is 1. The van der Waals surface area contributed by atoms with Crippen molar-refractivity contribution in [3.8, 4) is 33.4 Å². The third-order valence-corrected chi connectivity index (χ3v) is 9.90. The van der Waals surface area contributed by atoms with E-state index in [9.17, 15) is 0 Å². The average Bonchev–Trinajstić information content (AvgIpc) is 3.47. The maximum Gasteiger partial charge on any atom is 0.0786 e. The minimum Gasteiger partial charge on any atom is -0.255 e. The molecule has 0 bridgehead atoms. The number of rotatable bonds is 3. The molecule has 0 aliphatic carbocycles. The van der Waals surface area contributed by atoms with Gasteiger partial charge in [0.15, 0.2) is 0 Å². The van der Waals surface area contributed by atoms with Crippen LogP contribution in [0.25, 0.3) is 86.0 Å². The highest BCUT2D eigenvalue weighted by atomic mass is 32.1. The van der Waals surface area contributed by atoms with Gasteiger partial charge in [-0.3, -0.25) is 4.98 Å². The van der Waals surface area contributed by atoms with Crippen LogP contribution in [0.15, 0.2) is 152 Å². The zero-order valence-corrected chi connectivity index (χ0v) is 24.1. The minimum absolute atomic E-state index is 1.06. The lowest BCUT2D eigenvalue weighted by Crippen LogP contribution is -1.86. The van der Waals surface area contributed by atoms with Crippen molar-refractivity contribution in [3.05, 3.63) is 152 Å². The number of fused-ring (bicyclic) bond motifs is 8. The molecule has 200 valence electrons. The first-order chi connectivity index (χ1) is 21.3. The molecule has 2 heterocycles. The fourth-order valence-electron chi connectivity index (χ4n) is 6.56. The topological polar surface area (TPSA) is 12.9 Å². The highest BCUT2D eigenvalue weighted by Crippen LogP contribution is 2.41.